The fourth-order valence-electron chi connectivity index (χ4n) is 1.96. The van der Waals surface area contributed by atoms with Gasteiger partial charge in [0.2, 0.25) is 0 Å². The quantitative estimate of drug-likeness (QED) is 0.667. The van der Waals surface area contributed by atoms with Crippen LogP contribution >= 0.6 is 0 Å². The summed E-state index contributed by atoms with van der Waals surface area (Å²) in [6.45, 7) is 9.15. The smallest absolute Gasteiger partial charge is 0.0475 e. The highest BCUT2D eigenvalue weighted by Gasteiger charge is 2.43. The van der Waals surface area contributed by atoms with Crippen molar-refractivity contribution < 1.29 is 0 Å². The van der Waals surface area contributed by atoms with Gasteiger partial charge in [0.25, 0.3) is 0 Å². The zero-order valence-corrected chi connectivity index (χ0v) is 9.99. The molecule has 1 nitrogen and oxygen atoms in total. The maximum Gasteiger partial charge on any atom is 0.0475 e. The van der Waals surface area contributed by atoms with Crippen LogP contribution < -0.4 is 4.90 Å². The van der Waals surface area contributed by atoms with E-state index in [1.807, 2.05) is 0 Å². The summed E-state index contributed by atoms with van der Waals surface area (Å²) in [5, 5.41) is 0. The van der Waals surface area contributed by atoms with E-state index in [0.29, 0.717) is 0 Å². The van der Waals surface area contributed by atoms with Gasteiger partial charge in [0.15, 0.2) is 0 Å². The van der Waals surface area contributed by atoms with Crippen molar-refractivity contribution in [3.63, 3.8) is 0 Å². The summed E-state index contributed by atoms with van der Waals surface area (Å²) in [5.74, 6) is 0. The second kappa shape index (κ2) is 3.13. The van der Waals surface area contributed by atoms with Gasteiger partial charge in [-0.1, -0.05) is 38.1 Å². The molecule has 0 spiro atoms. The Balaban J connectivity index is 2.39. The Morgan fingerprint density at radius 3 is 2.00 bits per heavy atom. The van der Waals surface area contributed by atoms with Crippen LogP contribution in [0.1, 0.15) is 27.7 Å². The lowest BCUT2D eigenvalue weighted by Gasteiger charge is -2.42. The van der Waals surface area contributed by atoms with Gasteiger partial charge in [-0.2, -0.15) is 0 Å². The molecule has 1 aromatic carbocycles. The number of para-hydroxylation sites is 1. The van der Waals surface area contributed by atoms with Crippen molar-refractivity contribution in [3.8, 4) is 0 Å². The van der Waals surface area contributed by atoms with E-state index in [0.717, 1.165) is 0 Å². The molecular weight excluding hydrogens is 182 g/mol. The first kappa shape index (κ1) is 10.3. The summed E-state index contributed by atoms with van der Waals surface area (Å²) < 4.78 is 0. The van der Waals surface area contributed by atoms with Crippen LogP contribution in [-0.4, -0.2) is 5.54 Å². The highest BCUT2D eigenvalue weighted by molar-refractivity contribution is 5.55. The molecule has 0 atom stereocenters. The highest BCUT2D eigenvalue weighted by Crippen LogP contribution is 2.44. The van der Waals surface area contributed by atoms with E-state index in [4.69, 9.17) is 0 Å². The maximum atomic E-state index is 2.35. The van der Waals surface area contributed by atoms with E-state index in [1.54, 1.807) is 0 Å². The first-order valence-electron chi connectivity index (χ1n) is 5.49. The molecule has 1 heteroatoms. The Kier molecular flexibility index (Phi) is 2.14. The van der Waals surface area contributed by atoms with Gasteiger partial charge in [-0.05, 0) is 26.0 Å². The van der Waals surface area contributed by atoms with E-state index in [1.165, 1.54) is 5.69 Å². The molecule has 0 amide bonds. The number of hydrogen-bond acceptors (Lipinski definition) is 1. The Labute approximate surface area is 92.4 Å². The van der Waals surface area contributed by atoms with Crippen LogP contribution in [0.2, 0.25) is 0 Å². The second-order valence-corrected chi connectivity index (χ2v) is 5.30. The minimum absolute atomic E-state index is 0.133. The van der Waals surface area contributed by atoms with Crippen molar-refractivity contribution >= 4 is 5.69 Å². The molecule has 1 aliphatic rings. The van der Waals surface area contributed by atoms with Gasteiger partial charge in [-0.15, -0.1) is 0 Å². The van der Waals surface area contributed by atoms with E-state index in [2.05, 4.69) is 75.2 Å². The van der Waals surface area contributed by atoms with Crippen LogP contribution in [0.15, 0.2) is 42.6 Å². The van der Waals surface area contributed by atoms with Gasteiger partial charge in [-0.3, -0.25) is 0 Å². The largest absolute Gasteiger partial charge is 0.342 e. The van der Waals surface area contributed by atoms with Crippen LogP contribution in [0, 0.1) is 5.41 Å². The van der Waals surface area contributed by atoms with Crippen molar-refractivity contribution in [1.29, 1.82) is 0 Å². The lowest BCUT2D eigenvalue weighted by Crippen LogP contribution is -2.46. The van der Waals surface area contributed by atoms with Crippen molar-refractivity contribution in [2.45, 2.75) is 33.2 Å². The molecular formula is C14H19N. The van der Waals surface area contributed by atoms with Crippen LogP contribution in [-0.2, 0) is 0 Å². The molecule has 80 valence electrons. The molecule has 0 unspecified atom stereocenters. The van der Waals surface area contributed by atoms with Crippen molar-refractivity contribution in [1.82, 2.24) is 0 Å². The summed E-state index contributed by atoms with van der Waals surface area (Å²) in [4.78, 5) is 2.35. The minimum Gasteiger partial charge on any atom is -0.342 e. The zero-order chi connectivity index (χ0) is 11.1. The third-order valence-corrected chi connectivity index (χ3v) is 3.85. The zero-order valence-electron chi connectivity index (χ0n) is 9.99. The second-order valence-electron chi connectivity index (χ2n) is 5.30. The Morgan fingerprint density at radius 1 is 0.933 bits per heavy atom. The summed E-state index contributed by atoms with van der Waals surface area (Å²) in [7, 11) is 0. The molecule has 0 saturated heterocycles. The number of anilines is 1. The van der Waals surface area contributed by atoms with Gasteiger partial charge < -0.3 is 4.90 Å². The molecule has 0 saturated carbocycles. The predicted molar refractivity (Wildman–Crippen MR) is 65.9 cm³/mol. The van der Waals surface area contributed by atoms with E-state index >= 15 is 0 Å². The highest BCUT2D eigenvalue weighted by atomic mass is 15.2. The van der Waals surface area contributed by atoms with Crippen LogP contribution in [0.5, 0.6) is 0 Å². The van der Waals surface area contributed by atoms with E-state index in [-0.39, 0.29) is 11.0 Å². The molecule has 0 N–H and O–H groups in total. The number of rotatable bonds is 1. The summed E-state index contributed by atoms with van der Waals surface area (Å²) >= 11 is 0. The number of benzene rings is 1. The fraction of sp³-hybridized carbons (Fsp3) is 0.429. The topological polar surface area (TPSA) is 3.24 Å². The number of nitrogens with zero attached hydrogens (tertiary/aromatic N) is 1. The van der Waals surface area contributed by atoms with E-state index in [9.17, 15) is 0 Å². The SMILES string of the molecule is CC1(C)C=CN(c2ccccc2)C1(C)C. The van der Waals surface area contributed by atoms with Gasteiger partial charge in [-0.25, -0.2) is 0 Å². The average molecular weight is 201 g/mol. The Morgan fingerprint density at radius 2 is 1.53 bits per heavy atom. The lowest BCUT2D eigenvalue weighted by molar-refractivity contribution is 0.289. The maximum absolute atomic E-state index is 2.35. The van der Waals surface area contributed by atoms with Gasteiger partial charge >= 0.3 is 0 Å². The average Bonchev–Trinajstić information content (AvgIpc) is 2.39. The summed E-state index contributed by atoms with van der Waals surface area (Å²) in [5.41, 5.74) is 1.61. The lowest BCUT2D eigenvalue weighted by atomic mass is 9.76. The third-order valence-electron chi connectivity index (χ3n) is 3.85. The van der Waals surface area contributed by atoms with Gasteiger partial charge in [0, 0.05) is 22.8 Å². The molecule has 0 aliphatic carbocycles. The molecule has 2 rings (SSSR count). The third kappa shape index (κ3) is 1.46. The van der Waals surface area contributed by atoms with Crippen molar-refractivity contribution in [2.24, 2.45) is 5.41 Å². The molecule has 1 aliphatic heterocycles. The molecule has 1 heterocycles. The first-order chi connectivity index (χ1) is 6.95. The van der Waals surface area contributed by atoms with Crippen LogP contribution in [0.4, 0.5) is 5.69 Å². The fourth-order valence-corrected chi connectivity index (χ4v) is 1.96. The van der Waals surface area contributed by atoms with Gasteiger partial charge in [0.05, 0.1) is 0 Å². The Bertz CT molecular complexity index is 374. The molecule has 15 heavy (non-hydrogen) atoms. The summed E-state index contributed by atoms with van der Waals surface area (Å²) in [6, 6.07) is 10.6. The van der Waals surface area contributed by atoms with Gasteiger partial charge in [0.1, 0.15) is 0 Å². The van der Waals surface area contributed by atoms with Crippen molar-refractivity contribution in [3.05, 3.63) is 42.6 Å². The molecule has 0 radical (unpaired) electrons. The molecule has 1 aromatic rings. The van der Waals surface area contributed by atoms with Crippen LogP contribution in [0.3, 0.4) is 0 Å². The monoisotopic (exact) mass is 201 g/mol. The molecule has 0 aromatic heterocycles. The molecule has 0 fully saturated rings. The summed E-state index contributed by atoms with van der Waals surface area (Å²) in [6.07, 6.45) is 4.50. The molecule has 0 bridgehead atoms. The standard InChI is InChI=1S/C14H19N/c1-13(2)10-11-15(14(13,3)4)12-8-6-5-7-9-12/h5-11H,1-4H3. The van der Waals surface area contributed by atoms with E-state index < -0.39 is 0 Å². The normalized spacial score (nSPS) is 22.0. The van der Waals surface area contributed by atoms with Crippen molar-refractivity contribution in [2.75, 3.05) is 4.90 Å². The minimum atomic E-state index is 0.133. The predicted octanol–water partition coefficient (Wildman–Crippen LogP) is 3.83. The first-order valence-corrected chi connectivity index (χ1v) is 5.49. The van der Waals surface area contributed by atoms with Crippen LogP contribution in [0.25, 0.3) is 0 Å². The number of hydrogen-bond donors (Lipinski definition) is 0. The Hall–Kier alpha value is -1.24.